The van der Waals surface area contributed by atoms with Gasteiger partial charge in [-0.2, -0.15) is 0 Å². The molecule has 1 aliphatic rings. The molecule has 0 unspecified atom stereocenters. The van der Waals surface area contributed by atoms with E-state index in [-0.39, 0.29) is 12.7 Å². The second kappa shape index (κ2) is 3.26. The first-order valence-corrected chi connectivity index (χ1v) is 4.28. The quantitative estimate of drug-likeness (QED) is 0.737. The van der Waals surface area contributed by atoms with Gasteiger partial charge in [-0.25, -0.2) is 0 Å². The number of aliphatic hydroxyl groups excluding tert-OH is 1. The normalized spacial score (nSPS) is 19.4. The Bertz CT molecular complexity index is 309. The maximum absolute atomic E-state index is 8.91. The Hall–Kier alpha value is -1.22. The molecule has 0 aliphatic carbocycles. The predicted molar refractivity (Wildman–Crippen MR) is 48.2 cm³/mol. The van der Waals surface area contributed by atoms with E-state index in [0.29, 0.717) is 0 Å². The summed E-state index contributed by atoms with van der Waals surface area (Å²) >= 11 is 0. The van der Waals surface area contributed by atoms with Crippen LogP contribution in [0.1, 0.15) is 5.56 Å². The van der Waals surface area contributed by atoms with Crippen molar-refractivity contribution in [2.24, 2.45) is 0 Å². The van der Waals surface area contributed by atoms with Gasteiger partial charge in [-0.05, 0) is 18.2 Å². The fourth-order valence-corrected chi connectivity index (χ4v) is 1.53. The van der Waals surface area contributed by atoms with Crippen molar-refractivity contribution in [3.8, 4) is 11.5 Å². The van der Waals surface area contributed by atoms with Crippen LogP contribution >= 0.6 is 0 Å². The van der Waals surface area contributed by atoms with E-state index in [9.17, 15) is 0 Å². The van der Waals surface area contributed by atoms with Crippen LogP contribution < -0.4 is 9.47 Å². The van der Waals surface area contributed by atoms with Crippen molar-refractivity contribution in [1.29, 1.82) is 0 Å². The molecule has 3 nitrogen and oxygen atoms in total. The topological polar surface area (TPSA) is 38.7 Å². The smallest absolute Gasteiger partial charge is 0.126 e. The lowest BCUT2D eigenvalue weighted by Crippen LogP contribution is -2.17. The van der Waals surface area contributed by atoms with Crippen LogP contribution in [0.3, 0.4) is 0 Å². The Morgan fingerprint density at radius 2 is 2.46 bits per heavy atom. The number of benzene rings is 1. The molecule has 0 amide bonds. The van der Waals surface area contributed by atoms with Crippen molar-refractivity contribution in [3.05, 3.63) is 23.8 Å². The van der Waals surface area contributed by atoms with Crippen LogP contribution in [-0.4, -0.2) is 24.9 Å². The molecule has 1 atom stereocenters. The number of methoxy groups -OCH3 is 1. The van der Waals surface area contributed by atoms with Crippen LogP contribution in [0.15, 0.2) is 18.2 Å². The third kappa shape index (κ3) is 1.47. The summed E-state index contributed by atoms with van der Waals surface area (Å²) < 4.78 is 10.5. The highest BCUT2D eigenvalue weighted by atomic mass is 16.5. The number of hydrogen-bond donors (Lipinski definition) is 1. The first-order chi connectivity index (χ1) is 6.33. The molecule has 13 heavy (non-hydrogen) atoms. The molecule has 0 saturated heterocycles. The Kier molecular flexibility index (Phi) is 2.10. The second-order valence-corrected chi connectivity index (χ2v) is 3.10. The minimum Gasteiger partial charge on any atom is -0.497 e. The molecule has 1 aromatic carbocycles. The number of ether oxygens (including phenoxy) is 2. The molecule has 1 aliphatic heterocycles. The van der Waals surface area contributed by atoms with Crippen LogP contribution in [-0.2, 0) is 6.42 Å². The molecule has 0 spiro atoms. The van der Waals surface area contributed by atoms with Gasteiger partial charge in [0.2, 0.25) is 0 Å². The van der Waals surface area contributed by atoms with Crippen molar-refractivity contribution in [1.82, 2.24) is 0 Å². The number of hydrogen-bond acceptors (Lipinski definition) is 3. The first-order valence-electron chi connectivity index (χ1n) is 4.28. The summed E-state index contributed by atoms with van der Waals surface area (Å²) in [6.45, 7) is 0.0665. The predicted octanol–water partition coefficient (Wildman–Crippen LogP) is 0.991. The van der Waals surface area contributed by atoms with Crippen molar-refractivity contribution >= 4 is 0 Å². The van der Waals surface area contributed by atoms with Crippen molar-refractivity contribution in [3.63, 3.8) is 0 Å². The number of aliphatic hydroxyl groups is 1. The molecular formula is C10H12O3. The SMILES string of the molecule is COc1ccc2c(c1)C[C@@H](CO)O2. The van der Waals surface area contributed by atoms with Crippen LogP contribution in [0.4, 0.5) is 0 Å². The van der Waals surface area contributed by atoms with Gasteiger partial charge in [0.15, 0.2) is 0 Å². The average molecular weight is 180 g/mol. The van der Waals surface area contributed by atoms with E-state index >= 15 is 0 Å². The van der Waals surface area contributed by atoms with Crippen LogP contribution in [0.25, 0.3) is 0 Å². The summed E-state index contributed by atoms with van der Waals surface area (Å²) in [5.74, 6) is 1.70. The zero-order chi connectivity index (χ0) is 9.26. The van der Waals surface area contributed by atoms with E-state index in [1.165, 1.54) is 0 Å². The Balaban J connectivity index is 2.25. The summed E-state index contributed by atoms with van der Waals surface area (Å²) in [4.78, 5) is 0. The van der Waals surface area contributed by atoms with Gasteiger partial charge in [0.1, 0.15) is 17.6 Å². The van der Waals surface area contributed by atoms with Gasteiger partial charge in [0.25, 0.3) is 0 Å². The van der Waals surface area contributed by atoms with Crippen LogP contribution in [0, 0.1) is 0 Å². The van der Waals surface area contributed by atoms with Gasteiger partial charge >= 0.3 is 0 Å². The summed E-state index contributed by atoms with van der Waals surface area (Å²) in [5.41, 5.74) is 1.11. The Labute approximate surface area is 76.9 Å². The fourth-order valence-electron chi connectivity index (χ4n) is 1.53. The molecular weight excluding hydrogens is 168 g/mol. The van der Waals surface area contributed by atoms with Crippen molar-refractivity contribution in [2.75, 3.05) is 13.7 Å². The lowest BCUT2D eigenvalue weighted by molar-refractivity contribution is 0.134. The third-order valence-electron chi connectivity index (χ3n) is 2.21. The standard InChI is InChI=1S/C10H12O3/c1-12-8-2-3-10-7(4-8)5-9(6-11)13-10/h2-4,9,11H,5-6H2,1H3/t9-/m0/s1. The fraction of sp³-hybridized carbons (Fsp3) is 0.400. The summed E-state index contributed by atoms with van der Waals surface area (Å²) in [5, 5.41) is 8.91. The molecule has 0 aromatic heterocycles. The van der Waals surface area contributed by atoms with Gasteiger partial charge in [0, 0.05) is 12.0 Å². The van der Waals surface area contributed by atoms with Crippen molar-refractivity contribution in [2.45, 2.75) is 12.5 Å². The van der Waals surface area contributed by atoms with E-state index in [4.69, 9.17) is 14.6 Å². The molecule has 0 saturated carbocycles. The van der Waals surface area contributed by atoms with Crippen molar-refractivity contribution < 1.29 is 14.6 Å². The largest absolute Gasteiger partial charge is 0.497 e. The van der Waals surface area contributed by atoms with Crippen LogP contribution in [0.5, 0.6) is 11.5 Å². The highest BCUT2D eigenvalue weighted by Gasteiger charge is 2.22. The molecule has 70 valence electrons. The molecule has 1 aromatic rings. The van der Waals surface area contributed by atoms with E-state index in [0.717, 1.165) is 23.5 Å². The lowest BCUT2D eigenvalue weighted by atomic mass is 10.1. The minimum absolute atomic E-state index is 0.0665. The first kappa shape index (κ1) is 8.38. The summed E-state index contributed by atoms with van der Waals surface area (Å²) in [6.07, 6.45) is 0.686. The molecule has 0 bridgehead atoms. The minimum atomic E-state index is -0.0814. The monoisotopic (exact) mass is 180 g/mol. The number of fused-ring (bicyclic) bond motifs is 1. The molecule has 1 heterocycles. The summed E-state index contributed by atoms with van der Waals surface area (Å²) in [6, 6.07) is 5.69. The van der Waals surface area contributed by atoms with Crippen LogP contribution in [0.2, 0.25) is 0 Å². The van der Waals surface area contributed by atoms with E-state index < -0.39 is 0 Å². The average Bonchev–Trinajstić information content (AvgIpc) is 2.58. The molecule has 2 rings (SSSR count). The molecule has 3 heteroatoms. The Morgan fingerprint density at radius 3 is 3.15 bits per heavy atom. The summed E-state index contributed by atoms with van der Waals surface area (Å²) in [7, 11) is 1.64. The van der Waals surface area contributed by atoms with Gasteiger partial charge < -0.3 is 14.6 Å². The van der Waals surface area contributed by atoms with Gasteiger partial charge in [-0.1, -0.05) is 0 Å². The van der Waals surface area contributed by atoms with E-state index in [2.05, 4.69) is 0 Å². The molecule has 1 N–H and O–H groups in total. The third-order valence-corrected chi connectivity index (χ3v) is 2.21. The van der Waals surface area contributed by atoms with Gasteiger partial charge in [-0.3, -0.25) is 0 Å². The van der Waals surface area contributed by atoms with Gasteiger partial charge in [0.05, 0.1) is 13.7 Å². The zero-order valence-electron chi connectivity index (χ0n) is 7.49. The molecule has 0 fully saturated rings. The maximum atomic E-state index is 8.91. The zero-order valence-corrected chi connectivity index (χ0v) is 7.49. The highest BCUT2D eigenvalue weighted by molar-refractivity contribution is 5.43. The van der Waals surface area contributed by atoms with E-state index in [1.807, 2.05) is 18.2 Å². The Morgan fingerprint density at radius 1 is 1.62 bits per heavy atom. The molecule has 0 radical (unpaired) electrons. The lowest BCUT2D eigenvalue weighted by Gasteiger charge is -2.05. The second-order valence-electron chi connectivity index (χ2n) is 3.10. The maximum Gasteiger partial charge on any atom is 0.126 e. The number of rotatable bonds is 2. The highest BCUT2D eigenvalue weighted by Crippen LogP contribution is 2.31. The van der Waals surface area contributed by atoms with Gasteiger partial charge in [-0.15, -0.1) is 0 Å². The van der Waals surface area contributed by atoms with E-state index in [1.54, 1.807) is 7.11 Å².